The third kappa shape index (κ3) is 3.16. The topological polar surface area (TPSA) is 59.3 Å². The third-order valence-electron chi connectivity index (χ3n) is 4.66. The molecule has 2 aromatic carbocycles. The van der Waals surface area contributed by atoms with Crippen molar-refractivity contribution in [2.45, 2.75) is 33.1 Å². The summed E-state index contributed by atoms with van der Waals surface area (Å²) in [5.74, 6) is -0.101. The minimum absolute atomic E-state index is 0.101. The molecule has 27 heavy (non-hydrogen) atoms. The van der Waals surface area contributed by atoms with E-state index in [-0.39, 0.29) is 11.3 Å². The summed E-state index contributed by atoms with van der Waals surface area (Å²) in [6.45, 7) is 8.10. The number of carbonyl (C=O) groups excluding carboxylic acids is 1. The number of nitrogens with one attached hydrogen (secondary N) is 1. The van der Waals surface area contributed by atoms with E-state index in [4.69, 9.17) is 4.98 Å². The van der Waals surface area contributed by atoms with Crippen LogP contribution < -0.4 is 5.32 Å². The van der Waals surface area contributed by atoms with Crippen LogP contribution in [0.3, 0.4) is 0 Å². The number of carbonyl (C=O) groups is 1. The molecule has 0 radical (unpaired) electrons. The van der Waals surface area contributed by atoms with Gasteiger partial charge in [0.1, 0.15) is 5.69 Å². The van der Waals surface area contributed by atoms with Gasteiger partial charge in [0.2, 0.25) is 5.91 Å². The molecule has 0 saturated heterocycles. The molecule has 1 N–H and O–H groups in total. The monoisotopic (exact) mass is 358 g/mol. The van der Waals surface area contributed by atoms with E-state index in [1.54, 1.807) is 6.20 Å². The maximum absolute atomic E-state index is 11.4. The SMILES string of the molecule is CC(=O)Nc1ccc2c(c1)nc(-c1ccc(C(C)(C)C)cc1)c1nccn12. The number of fused-ring (bicyclic) bond motifs is 3. The van der Waals surface area contributed by atoms with E-state index in [0.29, 0.717) is 0 Å². The minimum Gasteiger partial charge on any atom is -0.326 e. The number of aromatic nitrogens is 3. The van der Waals surface area contributed by atoms with Crippen molar-refractivity contribution < 1.29 is 4.79 Å². The molecule has 0 aliphatic carbocycles. The smallest absolute Gasteiger partial charge is 0.221 e. The second-order valence-electron chi connectivity index (χ2n) is 7.79. The molecule has 1 amide bonds. The molecule has 0 bridgehead atoms. The van der Waals surface area contributed by atoms with Gasteiger partial charge in [-0.1, -0.05) is 45.0 Å². The Bertz CT molecular complexity index is 1150. The lowest BCUT2D eigenvalue weighted by Crippen LogP contribution is -2.10. The fourth-order valence-electron chi connectivity index (χ4n) is 3.26. The van der Waals surface area contributed by atoms with Crippen molar-refractivity contribution in [3.63, 3.8) is 0 Å². The molecule has 0 aliphatic heterocycles. The van der Waals surface area contributed by atoms with Gasteiger partial charge >= 0.3 is 0 Å². The highest BCUT2D eigenvalue weighted by Crippen LogP contribution is 2.29. The van der Waals surface area contributed by atoms with Crippen molar-refractivity contribution in [2.24, 2.45) is 0 Å². The highest BCUT2D eigenvalue weighted by atomic mass is 16.1. The van der Waals surface area contributed by atoms with Crippen LogP contribution in [0.25, 0.3) is 27.9 Å². The van der Waals surface area contributed by atoms with Crippen molar-refractivity contribution in [1.29, 1.82) is 0 Å². The second-order valence-corrected chi connectivity index (χ2v) is 7.79. The van der Waals surface area contributed by atoms with Gasteiger partial charge in [-0.15, -0.1) is 0 Å². The lowest BCUT2D eigenvalue weighted by atomic mass is 9.86. The van der Waals surface area contributed by atoms with Crippen molar-refractivity contribution in [1.82, 2.24) is 14.4 Å². The van der Waals surface area contributed by atoms with Gasteiger partial charge in [-0.3, -0.25) is 9.20 Å². The summed E-state index contributed by atoms with van der Waals surface area (Å²) in [4.78, 5) is 20.8. The van der Waals surface area contributed by atoms with Crippen molar-refractivity contribution >= 4 is 28.3 Å². The third-order valence-corrected chi connectivity index (χ3v) is 4.66. The Hall–Kier alpha value is -3.21. The van der Waals surface area contributed by atoms with Crippen molar-refractivity contribution in [3.8, 4) is 11.3 Å². The van der Waals surface area contributed by atoms with Gasteiger partial charge in [0, 0.05) is 30.6 Å². The van der Waals surface area contributed by atoms with Crippen LogP contribution in [0.4, 0.5) is 5.69 Å². The standard InChI is InChI=1S/C22H22N4O/c1-14(27)24-17-9-10-19-18(13-17)25-20(21-23-11-12-26(19)21)15-5-7-16(8-6-15)22(2,3)4/h5-13H,1-4H3,(H,24,27). The zero-order valence-corrected chi connectivity index (χ0v) is 15.9. The van der Waals surface area contributed by atoms with Gasteiger partial charge < -0.3 is 5.32 Å². The van der Waals surface area contributed by atoms with E-state index >= 15 is 0 Å². The second kappa shape index (κ2) is 6.20. The average Bonchev–Trinajstić information content (AvgIpc) is 3.09. The predicted molar refractivity (Wildman–Crippen MR) is 109 cm³/mol. The summed E-state index contributed by atoms with van der Waals surface area (Å²) < 4.78 is 2.03. The number of hydrogen-bond donors (Lipinski definition) is 1. The lowest BCUT2D eigenvalue weighted by molar-refractivity contribution is -0.114. The molecule has 2 aromatic heterocycles. The van der Waals surface area contributed by atoms with Gasteiger partial charge in [0.25, 0.3) is 0 Å². The first-order valence-corrected chi connectivity index (χ1v) is 8.98. The predicted octanol–water partition coefficient (Wildman–Crippen LogP) is 4.81. The highest BCUT2D eigenvalue weighted by molar-refractivity contribution is 5.93. The maximum atomic E-state index is 11.4. The van der Waals surface area contributed by atoms with Crippen LogP contribution in [0.2, 0.25) is 0 Å². The summed E-state index contributed by atoms with van der Waals surface area (Å²) in [7, 11) is 0. The van der Waals surface area contributed by atoms with Gasteiger partial charge in [-0.25, -0.2) is 9.97 Å². The van der Waals surface area contributed by atoms with E-state index in [2.05, 4.69) is 55.3 Å². The van der Waals surface area contributed by atoms with Gasteiger partial charge in [-0.05, 0) is 29.2 Å². The molecule has 0 spiro atoms. The number of imidazole rings is 1. The highest BCUT2D eigenvalue weighted by Gasteiger charge is 2.15. The average molecular weight is 358 g/mol. The number of benzene rings is 2. The van der Waals surface area contributed by atoms with E-state index in [1.807, 2.05) is 28.8 Å². The summed E-state index contributed by atoms with van der Waals surface area (Å²) in [6.07, 6.45) is 3.72. The molecule has 4 aromatic rings. The quantitative estimate of drug-likeness (QED) is 0.560. The Morgan fingerprint density at radius 1 is 1.07 bits per heavy atom. The number of amides is 1. The van der Waals surface area contributed by atoms with Crippen LogP contribution in [-0.4, -0.2) is 20.3 Å². The van der Waals surface area contributed by atoms with Gasteiger partial charge in [-0.2, -0.15) is 0 Å². The van der Waals surface area contributed by atoms with Crippen LogP contribution in [0.5, 0.6) is 0 Å². The molecule has 0 atom stereocenters. The van der Waals surface area contributed by atoms with Crippen LogP contribution >= 0.6 is 0 Å². The van der Waals surface area contributed by atoms with E-state index in [1.165, 1.54) is 12.5 Å². The van der Waals surface area contributed by atoms with Crippen LogP contribution in [0, 0.1) is 0 Å². The molecular weight excluding hydrogens is 336 g/mol. The number of anilines is 1. The summed E-state index contributed by atoms with van der Waals surface area (Å²) in [6, 6.07) is 14.2. The van der Waals surface area contributed by atoms with Crippen LogP contribution in [-0.2, 0) is 10.2 Å². The Balaban J connectivity index is 1.90. The Kier molecular flexibility index (Phi) is 3.95. The van der Waals surface area contributed by atoms with E-state index in [9.17, 15) is 4.79 Å². The molecule has 0 aliphatic rings. The maximum Gasteiger partial charge on any atom is 0.221 e. The molecule has 2 heterocycles. The fraction of sp³-hybridized carbons (Fsp3) is 0.227. The van der Waals surface area contributed by atoms with E-state index < -0.39 is 0 Å². The number of rotatable bonds is 2. The molecule has 4 rings (SSSR count). The first-order chi connectivity index (χ1) is 12.8. The molecule has 5 nitrogen and oxygen atoms in total. The summed E-state index contributed by atoms with van der Waals surface area (Å²) in [5, 5.41) is 2.82. The van der Waals surface area contributed by atoms with Crippen molar-refractivity contribution in [2.75, 3.05) is 5.32 Å². The first kappa shape index (κ1) is 17.2. The molecular formula is C22H22N4O. The Morgan fingerprint density at radius 2 is 1.81 bits per heavy atom. The van der Waals surface area contributed by atoms with Gasteiger partial charge in [0.15, 0.2) is 5.65 Å². The van der Waals surface area contributed by atoms with Crippen LogP contribution in [0.15, 0.2) is 54.9 Å². The van der Waals surface area contributed by atoms with E-state index in [0.717, 1.165) is 33.6 Å². The fourth-order valence-corrected chi connectivity index (χ4v) is 3.26. The normalized spacial score (nSPS) is 11.9. The zero-order chi connectivity index (χ0) is 19.2. The molecule has 0 saturated carbocycles. The molecule has 5 heteroatoms. The number of hydrogen-bond acceptors (Lipinski definition) is 3. The van der Waals surface area contributed by atoms with Gasteiger partial charge in [0.05, 0.1) is 11.0 Å². The zero-order valence-electron chi connectivity index (χ0n) is 15.9. The van der Waals surface area contributed by atoms with Crippen LogP contribution in [0.1, 0.15) is 33.3 Å². The Labute approximate surface area is 158 Å². The lowest BCUT2D eigenvalue weighted by Gasteiger charge is -2.19. The largest absolute Gasteiger partial charge is 0.326 e. The Morgan fingerprint density at radius 3 is 2.48 bits per heavy atom. The summed E-state index contributed by atoms with van der Waals surface area (Å²) in [5.41, 5.74) is 6.53. The van der Waals surface area contributed by atoms with Crippen molar-refractivity contribution in [3.05, 3.63) is 60.4 Å². The number of nitrogens with zero attached hydrogens (tertiary/aromatic N) is 3. The summed E-state index contributed by atoms with van der Waals surface area (Å²) >= 11 is 0. The minimum atomic E-state index is -0.101. The molecule has 0 fully saturated rings. The first-order valence-electron chi connectivity index (χ1n) is 8.98. The molecule has 0 unspecified atom stereocenters. The molecule has 136 valence electrons.